The fourth-order valence-electron chi connectivity index (χ4n) is 2.12. The Labute approximate surface area is 121 Å². The molecule has 0 saturated carbocycles. The third-order valence-corrected chi connectivity index (χ3v) is 3.24. The monoisotopic (exact) mass is 278 g/mol. The normalized spacial score (nSPS) is 10.5. The van der Waals surface area contributed by atoms with Crippen LogP contribution in [-0.4, -0.2) is 15.9 Å². The van der Waals surface area contributed by atoms with E-state index in [1.807, 2.05) is 31.2 Å². The van der Waals surface area contributed by atoms with Crippen molar-refractivity contribution in [1.29, 1.82) is 0 Å². The zero-order valence-electron chi connectivity index (χ0n) is 11.5. The molecule has 2 heterocycles. The third kappa shape index (κ3) is 2.53. The second kappa shape index (κ2) is 5.20. The smallest absolute Gasteiger partial charge is 0.274 e. The molecule has 0 radical (unpaired) electrons. The van der Waals surface area contributed by atoms with Gasteiger partial charge in [0.05, 0.1) is 16.9 Å². The average Bonchev–Trinajstić information content (AvgIpc) is 2.49. The molecular weight excluding hydrogens is 264 g/mol. The van der Waals surface area contributed by atoms with E-state index in [1.165, 1.54) is 0 Å². The summed E-state index contributed by atoms with van der Waals surface area (Å²) < 4.78 is 0. The van der Waals surface area contributed by atoms with Crippen molar-refractivity contribution in [2.75, 3.05) is 11.1 Å². The highest BCUT2D eigenvalue weighted by Gasteiger charge is 2.12. The zero-order valence-corrected chi connectivity index (χ0v) is 11.5. The van der Waals surface area contributed by atoms with Crippen LogP contribution in [-0.2, 0) is 0 Å². The summed E-state index contributed by atoms with van der Waals surface area (Å²) in [7, 11) is 0. The molecule has 0 bridgehead atoms. The van der Waals surface area contributed by atoms with Gasteiger partial charge in [-0.15, -0.1) is 0 Å². The Kier molecular flexibility index (Phi) is 3.23. The third-order valence-electron chi connectivity index (χ3n) is 3.24. The van der Waals surface area contributed by atoms with E-state index in [2.05, 4.69) is 15.3 Å². The highest BCUT2D eigenvalue weighted by atomic mass is 16.1. The first-order valence-corrected chi connectivity index (χ1v) is 6.53. The van der Waals surface area contributed by atoms with Gasteiger partial charge in [-0.1, -0.05) is 18.2 Å². The van der Waals surface area contributed by atoms with Crippen LogP contribution in [0.15, 0.2) is 48.7 Å². The van der Waals surface area contributed by atoms with Crippen molar-refractivity contribution in [3.63, 3.8) is 0 Å². The van der Waals surface area contributed by atoms with Gasteiger partial charge in [-0.3, -0.25) is 9.78 Å². The van der Waals surface area contributed by atoms with Crippen molar-refractivity contribution in [1.82, 2.24) is 9.97 Å². The number of hydrogen-bond acceptors (Lipinski definition) is 4. The van der Waals surface area contributed by atoms with Gasteiger partial charge >= 0.3 is 0 Å². The van der Waals surface area contributed by atoms with E-state index in [0.717, 1.165) is 11.1 Å². The maximum Gasteiger partial charge on any atom is 0.274 e. The molecule has 104 valence electrons. The van der Waals surface area contributed by atoms with Crippen molar-refractivity contribution in [3.05, 3.63) is 60.0 Å². The van der Waals surface area contributed by atoms with Gasteiger partial charge < -0.3 is 11.1 Å². The van der Waals surface area contributed by atoms with Crippen LogP contribution in [0.4, 0.5) is 11.4 Å². The Morgan fingerprint density at radius 3 is 2.81 bits per heavy atom. The molecule has 0 atom stereocenters. The number of fused-ring (bicyclic) bond motifs is 1. The first-order valence-electron chi connectivity index (χ1n) is 6.53. The molecule has 0 unspecified atom stereocenters. The molecule has 0 spiro atoms. The summed E-state index contributed by atoms with van der Waals surface area (Å²) in [4.78, 5) is 20.8. The van der Waals surface area contributed by atoms with E-state index in [9.17, 15) is 4.79 Å². The van der Waals surface area contributed by atoms with Crippen LogP contribution in [0.2, 0.25) is 0 Å². The SMILES string of the molecule is Cc1ncccc1NC(=O)c1cc(N)c2ccccc2n1. The fourth-order valence-corrected chi connectivity index (χ4v) is 2.12. The molecule has 0 aliphatic carbocycles. The number of nitrogens with one attached hydrogen (secondary N) is 1. The van der Waals surface area contributed by atoms with E-state index in [-0.39, 0.29) is 11.6 Å². The number of amides is 1. The van der Waals surface area contributed by atoms with Crippen LogP contribution in [0.25, 0.3) is 10.9 Å². The number of nitrogen functional groups attached to an aromatic ring is 1. The quantitative estimate of drug-likeness (QED) is 0.755. The molecule has 1 aromatic carbocycles. The van der Waals surface area contributed by atoms with Gasteiger partial charge in [0.2, 0.25) is 0 Å². The second-order valence-corrected chi connectivity index (χ2v) is 4.70. The summed E-state index contributed by atoms with van der Waals surface area (Å²) in [5, 5.41) is 3.64. The fraction of sp³-hybridized carbons (Fsp3) is 0.0625. The van der Waals surface area contributed by atoms with Crippen LogP contribution in [0, 0.1) is 6.92 Å². The van der Waals surface area contributed by atoms with Crippen LogP contribution in [0.3, 0.4) is 0 Å². The molecule has 2 aromatic heterocycles. The number of hydrogen-bond donors (Lipinski definition) is 2. The number of carbonyl (C=O) groups is 1. The molecule has 0 aliphatic heterocycles. The number of nitrogens with two attached hydrogens (primary N) is 1. The Morgan fingerprint density at radius 2 is 2.00 bits per heavy atom. The van der Waals surface area contributed by atoms with E-state index in [1.54, 1.807) is 24.4 Å². The van der Waals surface area contributed by atoms with Crippen LogP contribution in [0.1, 0.15) is 16.2 Å². The van der Waals surface area contributed by atoms with Crippen molar-refractivity contribution in [2.24, 2.45) is 0 Å². The van der Waals surface area contributed by atoms with E-state index in [4.69, 9.17) is 5.73 Å². The number of nitrogens with zero attached hydrogens (tertiary/aromatic N) is 2. The molecule has 3 rings (SSSR count). The van der Waals surface area contributed by atoms with Crippen molar-refractivity contribution in [3.8, 4) is 0 Å². The number of anilines is 2. The van der Waals surface area contributed by atoms with Gasteiger partial charge in [-0.2, -0.15) is 0 Å². The first-order chi connectivity index (χ1) is 10.1. The zero-order chi connectivity index (χ0) is 14.8. The molecule has 3 N–H and O–H groups in total. The number of aryl methyl sites for hydroxylation is 1. The summed E-state index contributed by atoms with van der Waals surface area (Å²) in [5.41, 5.74) is 8.92. The number of rotatable bonds is 2. The number of aromatic nitrogens is 2. The molecule has 3 aromatic rings. The predicted molar refractivity (Wildman–Crippen MR) is 83.1 cm³/mol. The molecule has 0 fully saturated rings. The second-order valence-electron chi connectivity index (χ2n) is 4.70. The Balaban J connectivity index is 1.97. The van der Waals surface area contributed by atoms with E-state index in [0.29, 0.717) is 16.9 Å². The summed E-state index contributed by atoms with van der Waals surface area (Å²) in [6, 6.07) is 12.6. The lowest BCUT2D eigenvalue weighted by atomic mass is 10.1. The number of benzene rings is 1. The predicted octanol–water partition coefficient (Wildman–Crippen LogP) is 2.77. The minimum atomic E-state index is -0.302. The number of carbonyl (C=O) groups excluding carboxylic acids is 1. The standard InChI is InChI=1S/C16H14N4O/c1-10-13(7-4-8-18-10)20-16(21)15-9-12(17)11-5-2-3-6-14(11)19-15/h2-9H,1H3,(H2,17,19)(H,20,21). The number of pyridine rings is 2. The van der Waals surface area contributed by atoms with E-state index >= 15 is 0 Å². The van der Waals surface area contributed by atoms with Crippen molar-refractivity contribution in [2.45, 2.75) is 6.92 Å². The van der Waals surface area contributed by atoms with Gasteiger partial charge in [0, 0.05) is 17.3 Å². The minimum absolute atomic E-state index is 0.287. The van der Waals surface area contributed by atoms with Crippen LogP contribution >= 0.6 is 0 Å². The molecule has 21 heavy (non-hydrogen) atoms. The summed E-state index contributed by atoms with van der Waals surface area (Å²) >= 11 is 0. The molecule has 1 amide bonds. The lowest BCUT2D eigenvalue weighted by Gasteiger charge is -2.08. The van der Waals surface area contributed by atoms with Gasteiger partial charge in [-0.25, -0.2) is 4.98 Å². The molecule has 5 heteroatoms. The highest BCUT2D eigenvalue weighted by molar-refractivity contribution is 6.06. The molecule has 5 nitrogen and oxygen atoms in total. The summed E-state index contributed by atoms with van der Waals surface area (Å²) in [5.74, 6) is -0.302. The minimum Gasteiger partial charge on any atom is -0.398 e. The largest absolute Gasteiger partial charge is 0.398 e. The molecule has 0 saturated heterocycles. The maximum absolute atomic E-state index is 12.3. The molecular formula is C16H14N4O. The van der Waals surface area contributed by atoms with E-state index < -0.39 is 0 Å². The van der Waals surface area contributed by atoms with Crippen molar-refractivity contribution >= 4 is 28.2 Å². The average molecular weight is 278 g/mol. The van der Waals surface area contributed by atoms with Gasteiger partial charge in [0.1, 0.15) is 5.69 Å². The van der Waals surface area contributed by atoms with Crippen LogP contribution in [0.5, 0.6) is 0 Å². The lowest BCUT2D eigenvalue weighted by Crippen LogP contribution is -2.15. The van der Waals surface area contributed by atoms with Gasteiger partial charge in [0.15, 0.2) is 0 Å². The van der Waals surface area contributed by atoms with Crippen LogP contribution < -0.4 is 11.1 Å². The Bertz CT molecular complexity index is 829. The topological polar surface area (TPSA) is 80.9 Å². The lowest BCUT2D eigenvalue weighted by molar-refractivity contribution is 0.102. The Hall–Kier alpha value is -2.95. The van der Waals surface area contributed by atoms with Gasteiger partial charge in [0.25, 0.3) is 5.91 Å². The number of para-hydroxylation sites is 1. The van der Waals surface area contributed by atoms with Gasteiger partial charge in [-0.05, 0) is 31.2 Å². The maximum atomic E-state index is 12.3. The summed E-state index contributed by atoms with van der Waals surface area (Å²) in [6.45, 7) is 1.83. The highest BCUT2D eigenvalue weighted by Crippen LogP contribution is 2.21. The first kappa shape index (κ1) is 13.1. The molecule has 0 aliphatic rings. The summed E-state index contributed by atoms with van der Waals surface area (Å²) in [6.07, 6.45) is 1.68. The van der Waals surface area contributed by atoms with Crippen molar-refractivity contribution < 1.29 is 4.79 Å². The Morgan fingerprint density at radius 1 is 1.19 bits per heavy atom.